The molecule has 0 amide bonds. The molecule has 1 heterocycles. The number of hydrogen-bond donors (Lipinski definition) is 1. The standard InChI is InChI=1S/C13H12O5S/c1-2-18-13(17)10-5-7-3-4-8(6-9(7)19-10)11(14)12(15)16/h3-4,6,10H,2,5H2,1H3,(H,15,16). The maximum Gasteiger partial charge on any atom is 0.377 e. The molecule has 5 nitrogen and oxygen atoms in total. The first-order valence-corrected chi connectivity index (χ1v) is 6.64. The van der Waals surface area contributed by atoms with Gasteiger partial charge in [-0.05, 0) is 25.0 Å². The Balaban J connectivity index is 2.18. The first-order valence-electron chi connectivity index (χ1n) is 5.76. The summed E-state index contributed by atoms with van der Waals surface area (Å²) < 4.78 is 4.95. The zero-order valence-electron chi connectivity index (χ0n) is 10.2. The van der Waals surface area contributed by atoms with Gasteiger partial charge in [0, 0.05) is 10.5 Å². The van der Waals surface area contributed by atoms with Crippen molar-refractivity contribution in [2.24, 2.45) is 0 Å². The molecule has 2 rings (SSSR count). The smallest absolute Gasteiger partial charge is 0.377 e. The number of aliphatic carboxylic acids is 1. The summed E-state index contributed by atoms with van der Waals surface area (Å²) in [5.41, 5.74) is 1.06. The number of ether oxygens (including phenoxy) is 1. The minimum absolute atomic E-state index is 0.128. The molecule has 0 aliphatic carbocycles. The Kier molecular flexibility index (Phi) is 3.90. The Morgan fingerprint density at radius 2 is 2.16 bits per heavy atom. The van der Waals surface area contributed by atoms with Gasteiger partial charge in [0.1, 0.15) is 5.25 Å². The van der Waals surface area contributed by atoms with Crippen LogP contribution in [0.5, 0.6) is 0 Å². The van der Waals surface area contributed by atoms with Gasteiger partial charge in [-0.2, -0.15) is 0 Å². The average molecular weight is 280 g/mol. The number of carbonyl (C=O) groups excluding carboxylic acids is 2. The molecule has 1 unspecified atom stereocenters. The summed E-state index contributed by atoms with van der Waals surface area (Å²) in [6.45, 7) is 2.07. The zero-order chi connectivity index (χ0) is 14.0. The number of carboxylic acid groups (broad SMARTS) is 1. The van der Waals surface area contributed by atoms with E-state index in [1.54, 1.807) is 13.0 Å². The molecule has 0 aromatic heterocycles. The molecule has 1 aromatic rings. The normalized spacial score (nSPS) is 16.8. The third-order valence-electron chi connectivity index (χ3n) is 2.75. The Labute approximate surface area is 113 Å². The van der Waals surface area contributed by atoms with Gasteiger partial charge in [0.15, 0.2) is 0 Å². The molecule has 0 bridgehead atoms. The van der Waals surface area contributed by atoms with Gasteiger partial charge in [-0.3, -0.25) is 9.59 Å². The van der Waals surface area contributed by atoms with Gasteiger partial charge >= 0.3 is 11.9 Å². The molecule has 0 radical (unpaired) electrons. The van der Waals surface area contributed by atoms with E-state index >= 15 is 0 Å². The van der Waals surface area contributed by atoms with Crippen LogP contribution in [-0.2, 0) is 20.7 Å². The van der Waals surface area contributed by atoms with Crippen molar-refractivity contribution in [1.82, 2.24) is 0 Å². The lowest BCUT2D eigenvalue weighted by molar-refractivity contribution is -0.142. The van der Waals surface area contributed by atoms with E-state index in [2.05, 4.69) is 0 Å². The average Bonchev–Trinajstić information content (AvgIpc) is 2.80. The first-order chi connectivity index (χ1) is 9.02. The maximum atomic E-state index is 11.6. The number of hydrogen-bond acceptors (Lipinski definition) is 5. The molecule has 1 aliphatic rings. The van der Waals surface area contributed by atoms with Crippen LogP contribution in [0, 0.1) is 0 Å². The first kappa shape index (κ1) is 13.6. The molecule has 1 aromatic carbocycles. The van der Waals surface area contributed by atoms with Crippen LogP contribution in [0.4, 0.5) is 0 Å². The summed E-state index contributed by atoms with van der Waals surface area (Å²) >= 11 is 1.31. The van der Waals surface area contributed by atoms with E-state index in [0.717, 1.165) is 10.5 Å². The third kappa shape index (κ3) is 2.78. The number of carboxylic acids is 1. The zero-order valence-corrected chi connectivity index (χ0v) is 11.0. The van der Waals surface area contributed by atoms with Crippen molar-refractivity contribution in [2.75, 3.05) is 6.61 Å². The monoisotopic (exact) mass is 280 g/mol. The number of esters is 1. The number of thioether (sulfide) groups is 1. The van der Waals surface area contributed by atoms with E-state index in [9.17, 15) is 14.4 Å². The van der Waals surface area contributed by atoms with E-state index in [4.69, 9.17) is 9.84 Å². The lowest BCUT2D eigenvalue weighted by atomic mass is 10.1. The molecule has 100 valence electrons. The second-order valence-corrected chi connectivity index (χ2v) is 5.26. The summed E-state index contributed by atoms with van der Waals surface area (Å²) in [5, 5.41) is 8.35. The van der Waals surface area contributed by atoms with Crippen LogP contribution in [0.2, 0.25) is 0 Å². The van der Waals surface area contributed by atoms with Crippen molar-refractivity contribution in [2.45, 2.75) is 23.5 Å². The van der Waals surface area contributed by atoms with Crippen molar-refractivity contribution in [3.05, 3.63) is 29.3 Å². The van der Waals surface area contributed by atoms with Crippen molar-refractivity contribution in [3.63, 3.8) is 0 Å². The summed E-state index contributed by atoms with van der Waals surface area (Å²) in [7, 11) is 0. The minimum Gasteiger partial charge on any atom is -0.475 e. The quantitative estimate of drug-likeness (QED) is 0.512. The van der Waals surface area contributed by atoms with Crippen molar-refractivity contribution < 1.29 is 24.2 Å². The predicted octanol–water partition coefficient (Wildman–Crippen LogP) is 1.53. The van der Waals surface area contributed by atoms with Crippen molar-refractivity contribution >= 4 is 29.5 Å². The Morgan fingerprint density at radius 3 is 2.79 bits per heavy atom. The number of fused-ring (bicyclic) bond motifs is 1. The van der Waals surface area contributed by atoms with Gasteiger partial charge in [-0.15, -0.1) is 11.8 Å². The highest BCUT2D eigenvalue weighted by Crippen LogP contribution is 2.38. The number of carbonyl (C=O) groups is 3. The van der Waals surface area contributed by atoms with Crippen LogP contribution >= 0.6 is 11.8 Å². The van der Waals surface area contributed by atoms with E-state index < -0.39 is 11.8 Å². The lowest BCUT2D eigenvalue weighted by Crippen LogP contribution is -2.19. The minimum atomic E-state index is -1.48. The van der Waals surface area contributed by atoms with Crippen LogP contribution in [0.25, 0.3) is 0 Å². The molecule has 6 heteroatoms. The fourth-order valence-corrected chi connectivity index (χ4v) is 3.09. The predicted molar refractivity (Wildman–Crippen MR) is 68.4 cm³/mol. The van der Waals surface area contributed by atoms with Gasteiger partial charge < -0.3 is 9.84 Å². The van der Waals surface area contributed by atoms with Crippen LogP contribution in [-0.4, -0.2) is 34.7 Å². The lowest BCUT2D eigenvalue weighted by Gasteiger charge is -2.06. The van der Waals surface area contributed by atoms with E-state index in [-0.39, 0.29) is 16.8 Å². The molecular weight excluding hydrogens is 268 g/mol. The SMILES string of the molecule is CCOC(=O)C1Cc2ccc(C(=O)C(=O)O)cc2S1. The van der Waals surface area contributed by atoms with E-state index in [0.29, 0.717) is 13.0 Å². The van der Waals surface area contributed by atoms with Crippen molar-refractivity contribution in [3.8, 4) is 0 Å². The van der Waals surface area contributed by atoms with E-state index in [1.807, 2.05) is 0 Å². The molecule has 0 saturated carbocycles. The highest BCUT2D eigenvalue weighted by molar-refractivity contribution is 8.01. The summed E-state index contributed by atoms with van der Waals surface area (Å²) in [6, 6.07) is 4.69. The molecule has 1 atom stereocenters. The molecule has 1 aliphatic heterocycles. The molecule has 0 saturated heterocycles. The molecule has 1 N–H and O–H groups in total. The van der Waals surface area contributed by atoms with Gasteiger partial charge in [0.25, 0.3) is 5.78 Å². The number of benzene rings is 1. The second kappa shape index (κ2) is 5.44. The van der Waals surface area contributed by atoms with Gasteiger partial charge in [0.2, 0.25) is 0 Å². The topological polar surface area (TPSA) is 80.7 Å². The molecular formula is C13H12O5S. The van der Waals surface area contributed by atoms with Crippen LogP contribution < -0.4 is 0 Å². The summed E-state index contributed by atoms with van der Waals surface area (Å²) in [5.74, 6) is -2.71. The number of Topliss-reactive ketones (excluding diaryl/α,β-unsaturated/α-hetero) is 1. The molecule has 0 spiro atoms. The van der Waals surface area contributed by atoms with Crippen molar-refractivity contribution in [1.29, 1.82) is 0 Å². The summed E-state index contributed by atoms with van der Waals surface area (Å²) in [4.78, 5) is 34.4. The maximum absolute atomic E-state index is 11.6. The second-order valence-electron chi connectivity index (χ2n) is 4.02. The number of ketones is 1. The highest BCUT2D eigenvalue weighted by atomic mass is 32.2. The third-order valence-corrected chi connectivity index (χ3v) is 4.03. The van der Waals surface area contributed by atoms with Gasteiger partial charge in [0.05, 0.1) is 6.61 Å². The summed E-state index contributed by atoms with van der Waals surface area (Å²) in [6.07, 6.45) is 0.542. The molecule has 0 fully saturated rings. The van der Waals surface area contributed by atoms with Crippen LogP contribution in [0.1, 0.15) is 22.8 Å². The Morgan fingerprint density at radius 1 is 1.42 bits per heavy atom. The fraction of sp³-hybridized carbons (Fsp3) is 0.308. The van der Waals surface area contributed by atoms with Gasteiger partial charge in [-0.25, -0.2) is 4.79 Å². The van der Waals surface area contributed by atoms with E-state index in [1.165, 1.54) is 23.9 Å². The largest absolute Gasteiger partial charge is 0.475 e. The Hall–Kier alpha value is -1.82. The van der Waals surface area contributed by atoms with Gasteiger partial charge in [-0.1, -0.05) is 12.1 Å². The number of rotatable bonds is 4. The van der Waals surface area contributed by atoms with Crippen LogP contribution in [0.15, 0.2) is 23.1 Å². The van der Waals surface area contributed by atoms with Crippen LogP contribution in [0.3, 0.4) is 0 Å². The highest BCUT2D eigenvalue weighted by Gasteiger charge is 2.30. The molecule has 19 heavy (non-hydrogen) atoms. The fourth-order valence-electron chi connectivity index (χ4n) is 1.86. The Bertz CT molecular complexity index is 552.